The van der Waals surface area contributed by atoms with Crippen LogP contribution in [0.15, 0.2) is 42.5 Å². The van der Waals surface area contributed by atoms with Crippen molar-refractivity contribution in [3.63, 3.8) is 0 Å². The molecule has 0 bridgehead atoms. The Bertz CT molecular complexity index is 642. The number of unbranched alkanes of at least 4 members (excludes halogenated alkanes) is 1. The van der Waals surface area contributed by atoms with E-state index in [2.05, 4.69) is 4.74 Å². The lowest BCUT2D eigenvalue weighted by Gasteiger charge is -2.19. The molecule has 1 aromatic carbocycles. The van der Waals surface area contributed by atoms with Crippen LogP contribution in [0.5, 0.6) is 0 Å². The molecule has 1 aliphatic heterocycles. The normalized spacial score (nSPS) is 19.9. The third-order valence-corrected chi connectivity index (χ3v) is 3.94. The van der Waals surface area contributed by atoms with E-state index in [-0.39, 0.29) is 5.97 Å². The van der Waals surface area contributed by atoms with E-state index in [1.165, 1.54) is 7.11 Å². The Morgan fingerprint density at radius 3 is 2.68 bits per heavy atom. The number of benzene rings is 1. The van der Waals surface area contributed by atoms with Gasteiger partial charge in [-0.15, -0.1) is 0 Å². The van der Waals surface area contributed by atoms with Crippen LogP contribution in [0, 0.1) is 0 Å². The summed E-state index contributed by atoms with van der Waals surface area (Å²) in [5.74, 6) is -0.278. The Kier molecular flexibility index (Phi) is 6.56. The Morgan fingerprint density at radius 2 is 2.04 bits per heavy atom. The van der Waals surface area contributed by atoms with Crippen molar-refractivity contribution >= 4 is 18.2 Å². The summed E-state index contributed by atoms with van der Waals surface area (Å²) in [6.45, 7) is 0. The molecule has 25 heavy (non-hydrogen) atoms. The van der Waals surface area contributed by atoms with E-state index in [0.717, 1.165) is 10.5 Å². The first-order valence-electron chi connectivity index (χ1n) is 8.03. The van der Waals surface area contributed by atoms with Crippen LogP contribution in [0.1, 0.15) is 24.8 Å². The molecule has 134 valence electrons. The van der Waals surface area contributed by atoms with Gasteiger partial charge >= 0.3 is 18.2 Å². The number of hydrogen-bond donors (Lipinski definition) is 1. The zero-order chi connectivity index (χ0) is 18.2. The second-order valence-electron chi connectivity index (χ2n) is 5.65. The van der Waals surface area contributed by atoms with Gasteiger partial charge in [0.15, 0.2) is 0 Å². The summed E-state index contributed by atoms with van der Waals surface area (Å²) in [6.07, 6.45) is 2.53. The highest BCUT2D eigenvalue weighted by Gasteiger charge is 2.44. The van der Waals surface area contributed by atoms with Gasteiger partial charge in [0.25, 0.3) is 0 Å². The number of nitrogens with zero attached hydrogens (tertiary/aromatic N) is 1. The minimum Gasteiger partial charge on any atom is -0.469 e. The predicted molar refractivity (Wildman–Crippen MR) is 89.1 cm³/mol. The SMILES string of the molecule is COC(=O)CCCC=CC1OC(=O)N(C(=O)O)C1Cc1ccccc1. The first-order valence-corrected chi connectivity index (χ1v) is 8.03. The standard InChI is InChI=1S/C18H21NO6/c1-24-16(20)11-7-3-6-10-15-14(12-13-8-4-2-5-9-13)19(17(21)22)18(23)25-15/h2,4-6,8-10,14-15H,3,7,11-12H2,1H3,(H,21,22). The van der Waals surface area contributed by atoms with Gasteiger partial charge in [0, 0.05) is 6.42 Å². The highest BCUT2D eigenvalue weighted by Crippen LogP contribution is 2.24. The van der Waals surface area contributed by atoms with Crippen molar-refractivity contribution in [2.45, 2.75) is 37.8 Å². The Hall–Kier alpha value is -2.83. The first-order chi connectivity index (χ1) is 12.0. The van der Waals surface area contributed by atoms with E-state index < -0.39 is 24.3 Å². The molecule has 7 heteroatoms. The van der Waals surface area contributed by atoms with Crippen LogP contribution in [0.3, 0.4) is 0 Å². The topological polar surface area (TPSA) is 93.1 Å². The molecule has 7 nitrogen and oxygen atoms in total. The number of rotatable bonds is 7. The lowest BCUT2D eigenvalue weighted by Crippen LogP contribution is -2.41. The maximum absolute atomic E-state index is 11.9. The fraction of sp³-hybridized carbons (Fsp3) is 0.389. The quantitative estimate of drug-likeness (QED) is 0.463. The fourth-order valence-corrected chi connectivity index (χ4v) is 2.68. The number of methoxy groups -OCH3 is 1. The average Bonchev–Trinajstić information content (AvgIpc) is 2.90. The second kappa shape index (κ2) is 8.86. The van der Waals surface area contributed by atoms with Crippen molar-refractivity contribution < 1.29 is 29.0 Å². The number of ether oxygens (including phenoxy) is 2. The van der Waals surface area contributed by atoms with Gasteiger partial charge in [-0.3, -0.25) is 4.79 Å². The molecule has 0 aromatic heterocycles. The highest BCUT2D eigenvalue weighted by atomic mass is 16.6. The van der Waals surface area contributed by atoms with Gasteiger partial charge < -0.3 is 14.6 Å². The van der Waals surface area contributed by atoms with Crippen molar-refractivity contribution in [2.75, 3.05) is 7.11 Å². The number of imide groups is 1. The van der Waals surface area contributed by atoms with Gasteiger partial charge in [0.05, 0.1) is 13.2 Å². The Labute approximate surface area is 145 Å². The van der Waals surface area contributed by atoms with Gasteiger partial charge in [0.1, 0.15) is 6.10 Å². The minimum atomic E-state index is -1.33. The molecule has 0 aliphatic carbocycles. The Balaban J connectivity index is 2.02. The lowest BCUT2D eigenvalue weighted by molar-refractivity contribution is -0.140. The van der Waals surface area contributed by atoms with Crippen molar-refractivity contribution in [1.29, 1.82) is 0 Å². The van der Waals surface area contributed by atoms with Crippen LogP contribution >= 0.6 is 0 Å². The van der Waals surface area contributed by atoms with Gasteiger partial charge in [-0.2, -0.15) is 0 Å². The monoisotopic (exact) mass is 347 g/mol. The summed E-state index contributed by atoms with van der Waals surface area (Å²) in [7, 11) is 1.34. The number of carbonyl (C=O) groups is 3. The van der Waals surface area contributed by atoms with E-state index in [1.807, 2.05) is 30.3 Å². The van der Waals surface area contributed by atoms with E-state index in [0.29, 0.717) is 25.7 Å². The zero-order valence-corrected chi connectivity index (χ0v) is 14.0. The van der Waals surface area contributed by atoms with Gasteiger partial charge in [0.2, 0.25) is 0 Å². The van der Waals surface area contributed by atoms with Crippen molar-refractivity contribution in [3.8, 4) is 0 Å². The summed E-state index contributed by atoms with van der Waals surface area (Å²) in [6, 6.07) is 8.71. The van der Waals surface area contributed by atoms with Crippen LogP contribution in [-0.4, -0.2) is 47.4 Å². The molecule has 1 aromatic rings. The van der Waals surface area contributed by atoms with Gasteiger partial charge in [-0.1, -0.05) is 36.4 Å². The molecule has 0 saturated carbocycles. The lowest BCUT2D eigenvalue weighted by atomic mass is 10.0. The number of esters is 1. The number of cyclic esters (lactones) is 1. The summed E-state index contributed by atoms with van der Waals surface area (Å²) in [5, 5.41) is 9.30. The van der Waals surface area contributed by atoms with E-state index in [9.17, 15) is 19.5 Å². The number of amides is 2. The number of carboxylic acid groups (broad SMARTS) is 1. The molecule has 2 atom stereocenters. The first kappa shape index (κ1) is 18.5. The fourth-order valence-electron chi connectivity index (χ4n) is 2.68. The molecule has 2 rings (SSSR count). The third-order valence-electron chi connectivity index (χ3n) is 3.94. The maximum atomic E-state index is 11.9. The van der Waals surface area contributed by atoms with Crippen molar-refractivity contribution in [3.05, 3.63) is 48.0 Å². The highest BCUT2D eigenvalue weighted by molar-refractivity contribution is 5.89. The number of allylic oxidation sites excluding steroid dienone is 1. The summed E-state index contributed by atoms with van der Waals surface area (Å²) >= 11 is 0. The molecular formula is C18H21NO6. The molecule has 0 radical (unpaired) electrons. The maximum Gasteiger partial charge on any atom is 0.420 e. The Morgan fingerprint density at radius 1 is 1.32 bits per heavy atom. The molecule has 2 unspecified atom stereocenters. The molecular weight excluding hydrogens is 326 g/mol. The third kappa shape index (κ3) is 5.07. The second-order valence-corrected chi connectivity index (χ2v) is 5.65. The summed E-state index contributed by atoms with van der Waals surface area (Å²) in [4.78, 5) is 35.1. The average molecular weight is 347 g/mol. The molecule has 0 spiro atoms. The predicted octanol–water partition coefficient (Wildman–Crippen LogP) is 3.00. The van der Waals surface area contributed by atoms with Crippen LogP contribution in [0.25, 0.3) is 0 Å². The summed E-state index contributed by atoms with van der Waals surface area (Å²) in [5.41, 5.74) is 0.918. The van der Waals surface area contributed by atoms with Crippen molar-refractivity contribution in [2.24, 2.45) is 0 Å². The van der Waals surface area contributed by atoms with E-state index >= 15 is 0 Å². The summed E-state index contributed by atoms with van der Waals surface area (Å²) < 4.78 is 9.76. The molecule has 1 N–H and O–H groups in total. The number of hydrogen-bond acceptors (Lipinski definition) is 5. The van der Waals surface area contributed by atoms with Crippen molar-refractivity contribution in [1.82, 2.24) is 4.90 Å². The number of carbonyl (C=O) groups excluding carboxylic acids is 2. The smallest absolute Gasteiger partial charge is 0.420 e. The van der Waals surface area contributed by atoms with E-state index in [4.69, 9.17) is 4.74 Å². The minimum absolute atomic E-state index is 0.278. The molecule has 1 heterocycles. The molecule has 1 saturated heterocycles. The van der Waals surface area contributed by atoms with Gasteiger partial charge in [-0.25, -0.2) is 14.5 Å². The molecule has 1 fully saturated rings. The van der Waals surface area contributed by atoms with Crippen LogP contribution < -0.4 is 0 Å². The molecule has 1 aliphatic rings. The zero-order valence-electron chi connectivity index (χ0n) is 14.0. The van der Waals surface area contributed by atoms with E-state index in [1.54, 1.807) is 12.2 Å². The van der Waals surface area contributed by atoms with Crippen LogP contribution in [0.2, 0.25) is 0 Å². The van der Waals surface area contributed by atoms with Gasteiger partial charge in [-0.05, 0) is 30.9 Å². The van der Waals surface area contributed by atoms with Crippen LogP contribution in [0.4, 0.5) is 9.59 Å². The largest absolute Gasteiger partial charge is 0.469 e. The van der Waals surface area contributed by atoms with Crippen LogP contribution in [-0.2, 0) is 20.7 Å². The molecule has 2 amide bonds.